The normalized spacial score (nSPS) is 16.6. The van der Waals surface area contributed by atoms with Crippen LogP contribution in [0.25, 0.3) is 0 Å². The van der Waals surface area contributed by atoms with Gasteiger partial charge < -0.3 is 5.73 Å². The highest BCUT2D eigenvalue weighted by molar-refractivity contribution is 14.1. The minimum atomic E-state index is 0.823. The van der Waals surface area contributed by atoms with Crippen molar-refractivity contribution in [2.45, 2.75) is 0 Å². The van der Waals surface area contributed by atoms with Gasteiger partial charge in [0, 0.05) is 28.7 Å². The highest BCUT2D eigenvalue weighted by atomic mass is 127. The summed E-state index contributed by atoms with van der Waals surface area (Å²) in [5.74, 6) is 0. The van der Waals surface area contributed by atoms with Gasteiger partial charge in [0.05, 0.1) is 6.08 Å². The number of hydrogen-bond acceptors (Lipinski definition) is 1. The smallest absolute Gasteiger partial charge is 0.159 e. The van der Waals surface area contributed by atoms with Crippen molar-refractivity contribution in [1.82, 2.24) is 0 Å². The zero-order valence-corrected chi connectivity index (χ0v) is 6.34. The molecule has 1 nitrogen and oxygen atoms in total. The number of allylic oxidation sites excluding steroid dienone is 5. The standard InChI is InChI=1S/C6H5IN/c7-5-3-1-2-4-6(5)8/h2-4H,8H2/q+1. The van der Waals surface area contributed by atoms with E-state index in [1.807, 2.05) is 12.2 Å². The lowest BCUT2D eigenvalue weighted by Gasteiger charge is -1.86. The van der Waals surface area contributed by atoms with Crippen LogP contribution < -0.4 is 5.73 Å². The second-order valence-corrected chi connectivity index (χ2v) is 2.61. The Labute approximate surface area is 62.1 Å². The van der Waals surface area contributed by atoms with Crippen molar-refractivity contribution in [2.24, 2.45) is 5.73 Å². The van der Waals surface area contributed by atoms with Crippen molar-refractivity contribution in [3.63, 3.8) is 0 Å². The lowest BCUT2D eigenvalue weighted by atomic mass is 10.3. The fraction of sp³-hybridized carbons (Fsp3) is 0. The van der Waals surface area contributed by atoms with Gasteiger partial charge in [0.2, 0.25) is 0 Å². The fourth-order valence-corrected chi connectivity index (χ4v) is 0.782. The lowest BCUT2D eigenvalue weighted by Crippen LogP contribution is -1.95. The summed E-state index contributed by atoms with van der Waals surface area (Å²) in [7, 11) is 0. The van der Waals surface area contributed by atoms with Crippen LogP contribution in [0.3, 0.4) is 0 Å². The van der Waals surface area contributed by atoms with E-state index in [4.69, 9.17) is 5.73 Å². The Morgan fingerprint density at radius 1 is 1.62 bits per heavy atom. The Morgan fingerprint density at radius 3 is 2.75 bits per heavy atom. The first-order chi connectivity index (χ1) is 3.80. The maximum atomic E-state index is 5.49. The molecule has 0 aromatic carbocycles. The Hall–Kier alpha value is -0.340. The van der Waals surface area contributed by atoms with Gasteiger partial charge in [-0.25, -0.2) is 0 Å². The molecule has 0 amide bonds. The summed E-state index contributed by atoms with van der Waals surface area (Å²) in [5.41, 5.74) is 6.32. The molecule has 0 aliphatic heterocycles. The van der Waals surface area contributed by atoms with Crippen LogP contribution in [0.1, 0.15) is 0 Å². The molecule has 2 N–H and O–H groups in total. The van der Waals surface area contributed by atoms with E-state index in [0.717, 1.165) is 9.28 Å². The third kappa shape index (κ3) is 1.08. The number of halogens is 1. The molecule has 0 aromatic heterocycles. The molecule has 0 bridgehead atoms. The molecule has 0 heterocycles. The molecule has 40 valence electrons. The minimum Gasteiger partial charge on any atom is -0.376 e. The van der Waals surface area contributed by atoms with Gasteiger partial charge in [0.25, 0.3) is 0 Å². The third-order valence-electron chi connectivity index (χ3n) is 0.845. The van der Waals surface area contributed by atoms with E-state index in [-0.39, 0.29) is 0 Å². The molecular formula is C6H5IN+. The van der Waals surface area contributed by atoms with E-state index < -0.39 is 0 Å². The van der Waals surface area contributed by atoms with Gasteiger partial charge in [-0.15, -0.1) is 0 Å². The summed E-state index contributed by atoms with van der Waals surface area (Å²) in [4.78, 5) is 0. The highest BCUT2D eigenvalue weighted by Gasteiger charge is 2.03. The molecule has 1 aliphatic carbocycles. The molecule has 0 unspecified atom stereocenters. The molecule has 0 spiro atoms. The Morgan fingerprint density at radius 2 is 2.38 bits per heavy atom. The molecule has 0 saturated carbocycles. The van der Waals surface area contributed by atoms with E-state index in [1.165, 1.54) is 0 Å². The van der Waals surface area contributed by atoms with Gasteiger partial charge in [-0.2, -0.15) is 0 Å². The number of rotatable bonds is 0. The van der Waals surface area contributed by atoms with Crippen LogP contribution in [0.4, 0.5) is 0 Å². The second kappa shape index (κ2) is 2.29. The first-order valence-corrected chi connectivity index (χ1v) is 3.29. The molecule has 1 aliphatic rings. The number of nitrogens with two attached hydrogens (primary N) is 1. The Balaban J connectivity index is 2.97. The molecule has 0 fully saturated rings. The average molecular weight is 218 g/mol. The van der Waals surface area contributed by atoms with Crippen molar-refractivity contribution in [1.29, 1.82) is 0 Å². The molecule has 8 heavy (non-hydrogen) atoms. The highest BCUT2D eigenvalue weighted by Crippen LogP contribution is 2.14. The van der Waals surface area contributed by atoms with Crippen LogP contribution in [0, 0.1) is 6.08 Å². The first kappa shape index (κ1) is 5.79. The molecule has 2 heteroatoms. The fourth-order valence-electron chi connectivity index (χ4n) is 0.422. The summed E-state index contributed by atoms with van der Waals surface area (Å²) < 4.78 is 1.06. The average Bonchev–Trinajstić information content (AvgIpc) is 1.77. The maximum Gasteiger partial charge on any atom is 0.159 e. The van der Waals surface area contributed by atoms with Crippen molar-refractivity contribution in [2.75, 3.05) is 0 Å². The van der Waals surface area contributed by atoms with Gasteiger partial charge in [0.15, 0.2) is 5.70 Å². The predicted molar refractivity (Wildman–Crippen MR) is 42.2 cm³/mol. The van der Waals surface area contributed by atoms with Gasteiger partial charge in [0.1, 0.15) is 15.7 Å². The van der Waals surface area contributed by atoms with Crippen LogP contribution in [-0.2, 0) is 0 Å². The van der Waals surface area contributed by atoms with Gasteiger partial charge >= 0.3 is 0 Å². The van der Waals surface area contributed by atoms with Crippen LogP contribution in [0.15, 0.2) is 27.5 Å². The third-order valence-corrected chi connectivity index (χ3v) is 1.78. The largest absolute Gasteiger partial charge is 0.376 e. The molecule has 0 radical (unpaired) electrons. The quantitative estimate of drug-likeness (QED) is 0.484. The summed E-state index contributed by atoms with van der Waals surface area (Å²) in [6.45, 7) is 0. The predicted octanol–water partition coefficient (Wildman–Crippen LogP) is 1.52. The van der Waals surface area contributed by atoms with E-state index in [2.05, 4.69) is 28.7 Å². The SMILES string of the molecule is NC1=C(I)C=[C+]C=C1. The van der Waals surface area contributed by atoms with Crippen molar-refractivity contribution in [3.8, 4) is 0 Å². The van der Waals surface area contributed by atoms with E-state index in [9.17, 15) is 0 Å². The maximum absolute atomic E-state index is 5.49. The Bertz CT molecular complexity index is 157. The van der Waals surface area contributed by atoms with E-state index >= 15 is 0 Å². The van der Waals surface area contributed by atoms with E-state index in [1.54, 1.807) is 6.08 Å². The molecule has 1 rings (SSSR count). The van der Waals surface area contributed by atoms with Gasteiger partial charge in [-0.1, -0.05) is 0 Å². The summed E-state index contributed by atoms with van der Waals surface area (Å²) in [5, 5.41) is 0. The second-order valence-electron chi connectivity index (χ2n) is 1.45. The van der Waals surface area contributed by atoms with E-state index in [0.29, 0.717) is 0 Å². The van der Waals surface area contributed by atoms with Crippen LogP contribution in [0.5, 0.6) is 0 Å². The summed E-state index contributed by atoms with van der Waals surface area (Å²) >= 11 is 2.17. The first-order valence-electron chi connectivity index (χ1n) is 2.22. The summed E-state index contributed by atoms with van der Waals surface area (Å²) in [6, 6.07) is 0. The van der Waals surface area contributed by atoms with Crippen LogP contribution >= 0.6 is 22.6 Å². The van der Waals surface area contributed by atoms with Crippen molar-refractivity contribution < 1.29 is 0 Å². The topological polar surface area (TPSA) is 26.0 Å². The molecule has 0 aromatic rings. The van der Waals surface area contributed by atoms with Crippen LogP contribution in [-0.4, -0.2) is 0 Å². The van der Waals surface area contributed by atoms with Gasteiger partial charge in [-0.05, 0) is 0 Å². The molecule has 0 saturated heterocycles. The zero-order valence-electron chi connectivity index (χ0n) is 4.19. The summed E-state index contributed by atoms with van der Waals surface area (Å²) in [6.07, 6.45) is 8.41. The zero-order chi connectivity index (χ0) is 5.98. The van der Waals surface area contributed by atoms with Gasteiger partial charge in [-0.3, -0.25) is 0 Å². The van der Waals surface area contributed by atoms with Crippen LogP contribution in [0.2, 0.25) is 0 Å². The monoisotopic (exact) mass is 218 g/mol. The molecule has 0 atom stereocenters. The minimum absolute atomic E-state index is 0.823. The number of hydrogen-bond donors (Lipinski definition) is 1. The Kier molecular flexibility index (Phi) is 1.65. The molecular weight excluding hydrogens is 213 g/mol. The van der Waals surface area contributed by atoms with Crippen molar-refractivity contribution >= 4 is 22.6 Å². The van der Waals surface area contributed by atoms with Crippen molar-refractivity contribution in [3.05, 3.63) is 33.6 Å². The lowest BCUT2D eigenvalue weighted by molar-refractivity contribution is 1.40.